The third-order valence-electron chi connectivity index (χ3n) is 3.74. The fourth-order valence-electron chi connectivity index (χ4n) is 2.39. The molecule has 0 aliphatic rings. The van der Waals surface area contributed by atoms with Crippen molar-refractivity contribution in [1.82, 2.24) is 9.97 Å². The Balaban J connectivity index is 2.08. The molecule has 0 bridgehead atoms. The molecule has 0 spiro atoms. The maximum Gasteiger partial charge on any atom is 0.170 e. The fraction of sp³-hybridized carbons (Fsp3) is 0.300. The standard InChI is InChI=1S/C20H22F2N2O/c1-3-7-16-10-11-17(19(22)18(16)21)20-23-12-15(13-24-20)9-6-4-5-8-14(2)25/h3,6,9-14,25H,1,4-5,7-8H2,2H3. The molecule has 0 saturated carbocycles. The number of rotatable bonds is 8. The van der Waals surface area contributed by atoms with Gasteiger partial charge >= 0.3 is 0 Å². The van der Waals surface area contributed by atoms with Gasteiger partial charge in [-0.25, -0.2) is 18.7 Å². The number of hydrogen-bond acceptors (Lipinski definition) is 3. The molecular formula is C20H22F2N2O. The first-order valence-electron chi connectivity index (χ1n) is 8.27. The maximum atomic E-state index is 14.2. The third-order valence-corrected chi connectivity index (χ3v) is 3.74. The van der Waals surface area contributed by atoms with Crippen molar-refractivity contribution >= 4 is 6.08 Å². The van der Waals surface area contributed by atoms with E-state index in [0.717, 1.165) is 24.8 Å². The van der Waals surface area contributed by atoms with E-state index in [1.807, 2.05) is 12.2 Å². The lowest BCUT2D eigenvalue weighted by atomic mass is 10.1. The first-order chi connectivity index (χ1) is 12.0. The average Bonchev–Trinajstić information content (AvgIpc) is 2.59. The van der Waals surface area contributed by atoms with Crippen LogP contribution in [0.25, 0.3) is 17.5 Å². The summed E-state index contributed by atoms with van der Waals surface area (Å²) in [5.41, 5.74) is 1.08. The average molecular weight is 344 g/mol. The highest BCUT2D eigenvalue weighted by Crippen LogP contribution is 2.24. The second kappa shape index (κ2) is 9.18. The Morgan fingerprint density at radius 2 is 1.92 bits per heavy atom. The minimum atomic E-state index is -0.944. The first kappa shape index (κ1) is 18.9. The van der Waals surface area contributed by atoms with Gasteiger partial charge in [-0.2, -0.15) is 0 Å². The van der Waals surface area contributed by atoms with Crippen molar-refractivity contribution in [2.45, 2.75) is 38.7 Å². The van der Waals surface area contributed by atoms with Gasteiger partial charge in [-0.15, -0.1) is 6.58 Å². The number of aliphatic hydroxyl groups excluding tert-OH is 1. The molecule has 0 fully saturated rings. The summed E-state index contributed by atoms with van der Waals surface area (Å²) in [5.74, 6) is -1.68. The Kier molecular flexibility index (Phi) is 6.95. The number of aromatic nitrogens is 2. The molecule has 132 valence electrons. The van der Waals surface area contributed by atoms with E-state index in [0.29, 0.717) is 0 Å². The predicted molar refractivity (Wildman–Crippen MR) is 95.9 cm³/mol. The van der Waals surface area contributed by atoms with Crippen LogP contribution < -0.4 is 0 Å². The van der Waals surface area contributed by atoms with Crippen LogP contribution in [0.5, 0.6) is 0 Å². The van der Waals surface area contributed by atoms with Crippen LogP contribution in [0.2, 0.25) is 0 Å². The monoisotopic (exact) mass is 344 g/mol. The molecule has 1 N–H and O–H groups in total. The second-order valence-corrected chi connectivity index (χ2v) is 5.92. The van der Waals surface area contributed by atoms with E-state index in [4.69, 9.17) is 0 Å². The zero-order valence-corrected chi connectivity index (χ0v) is 14.3. The molecule has 0 saturated heterocycles. The molecule has 0 aliphatic heterocycles. The molecule has 1 aromatic carbocycles. The van der Waals surface area contributed by atoms with Crippen molar-refractivity contribution in [1.29, 1.82) is 0 Å². The van der Waals surface area contributed by atoms with Crippen molar-refractivity contribution in [3.63, 3.8) is 0 Å². The smallest absolute Gasteiger partial charge is 0.170 e. The number of nitrogens with zero attached hydrogens (tertiary/aromatic N) is 2. The summed E-state index contributed by atoms with van der Waals surface area (Å²) in [6.07, 6.45) is 11.0. The Morgan fingerprint density at radius 1 is 1.20 bits per heavy atom. The van der Waals surface area contributed by atoms with E-state index in [-0.39, 0.29) is 29.5 Å². The number of halogens is 2. The second-order valence-electron chi connectivity index (χ2n) is 5.92. The summed E-state index contributed by atoms with van der Waals surface area (Å²) in [7, 11) is 0. The van der Waals surface area contributed by atoms with Gasteiger partial charge < -0.3 is 5.11 Å². The summed E-state index contributed by atoms with van der Waals surface area (Å²) in [5, 5.41) is 9.19. The third kappa shape index (κ3) is 5.29. The van der Waals surface area contributed by atoms with Crippen molar-refractivity contribution in [2.75, 3.05) is 0 Å². The van der Waals surface area contributed by atoms with Crippen LogP contribution >= 0.6 is 0 Å². The maximum absolute atomic E-state index is 14.2. The quantitative estimate of drug-likeness (QED) is 0.557. The first-order valence-corrected chi connectivity index (χ1v) is 8.27. The molecule has 0 radical (unpaired) electrons. The Hall–Kier alpha value is -2.40. The number of allylic oxidation sites excluding steroid dienone is 2. The summed E-state index contributed by atoms with van der Waals surface area (Å²) >= 11 is 0. The number of aliphatic hydroxyl groups is 1. The molecular weight excluding hydrogens is 322 g/mol. The van der Waals surface area contributed by atoms with E-state index >= 15 is 0 Å². The summed E-state index contributed by atoms with van der Waals surface area (Å²) in [6.45, 7) is 5.29. The van der Waals surface area contributed by atoms with Gasteiger partial charge in [-0.3, -0.25) is 0 Å². The lowest BCUT2D eigenvalue weighted by molar-refractivity contribution is 0.182. The molecule has 5 heteroatoms. The number of benzene rings is 1. The van der Waals surface area contributed by atoms with Crippen molar-refractivity contribution in [3.05, 3.63) is 66.0 Å². The van der Waals surface area contributed by atoms with Gasteiger partial charge in [0.1, 0.15) is 0 Å². The summed E-state index contributed by atoms with van der Waals surface area (Å²) < 4.78 is 28.2. The van der Waals surface area contributed by atoms with Crippen LogP contribution in [0, 0.1) is 11.6 Å². The lowest BCUT2D eigenvalue weighted by Gasteiger charge is -2.06. The highest BCUT2D eigenvalue weighted by molar-refractivity contribution is 5.58. The van der Waals surface area contributed by atoms with E-state index in [2.05, 4.69) is 16.5 Å². The zero-order valence-electron chi connectivity index (χ0n) is 14.3. The van der Waals surface area contributed by atoms with Gasteiger partial charge in [0.2, 0.25) is 0 Å². The van der Waals surface area contributed by atoms with E-state index in [1.165, 1.54) is 18.2 Å². The van der Waals surface area contributed by atoms with Crippen LogP contribution in [0.1, 0.15) is 37.3 Å². The molecule has 0 amide bonds. The largest absolute Gasteiger partial charge is 0.393 e. The van der Waals surface area contributed by atoms with Gasteiger partial charge in [0, 0.05) is 18.0 Å². The zero-order chi connectivity index (χ0) is 18.2. The van der Waals surface area contributed by atoms with E-state index in [1.54, 1.807) is 19.3 Å². The molecule has 1 heterocycles. The molecule has 25 heavy (non-hydrogen) atoms. The van der Waals surface area contributed by atoms with Gasteiger partial charge in [0.25, 0.3) is 0 Å². The highest BCUT2D eigenvalue weighted by atomic mass is 19.2. The van der Waals surface area contributed by atoms with E-state index < -0.39 is 11.6 Å². The fourth-order valence-corrected chi connectivity index (χ4v) is 2.39. The van der Waals surface area contributed by atoms with Crippen LogP contribution in [0.15, 0.2) is 43.3 Å². The van der Waals surface area contributed by atoms with Crippen molar-refractivity contribution in [3.8, 4) is 11.4 Å². The topological polar surface area (TPSA) is 46.0 Å². The summed E-state index contributed by atoms with van der Waals surface area (Å²) in [6, 6.07) is 3.01. The molecule has 1 unspecified atom stereocenters. The predicted octanol–water partition coefficient (Wildman–Crippen LogP) is 4.71. The molecule has 3 nitrogen and oxygen atoms in total. The van der Waals surface area contributed by atoms with Crippen molar-refractivity contribution in [2.24, 2.45) is 0 Å². The SMILES string of the molecule is C=CCc1ccc(-c2ncc(C=CCCCC(C)O)cn2)c(F)c1F. The van der Waals surface area contributed by atoms with Crippen LogP contribution in [0.4, 0.5) is 8.78 Å². The number of unbranched alkanes of at least 4 members (excludes halogenated alkanes) is 1. The normalized spacial score (nSPS) is 12.5. The Bertz CT molecular complexity index is 740. The highest BCUT2D eigenvalue weighted by Gasteiger charge is 2.15. The van der Waals surface area contributed by atoms with Crippen LogP contribution in [0.3, 0.4) is 0 Å². The Morgan fingerprint density at radius 3 is 2.56 bits per heavy atom. The summed E-state index contributed by atoms with van der Waals surface area (Å²) in [4.78, 5) is 8.25. The van der Waals surface area contributed by atoms with Crippen molar-refractivity contribution < 1.29 is 13.9 Å². The van der Waals surface area contributed by atoms with Crippen LogP contribution in [-0.2, 0) is 6.42 Å². The molecule has 1 aromatic heterocycles. The van der Waals surface area contributed by atoms with Gasteiger partial charge in [0.05, 0.1) is 11.7 Å². The molecule has 2 aromatic rings. The number of hydrogen-bond donors (Lipinski definition) is 1. The molecule has 2 rings (SSSR count). The van der Waals surface area contributed by atoms with Gasteiger partial charge in [0.15, 0.2) is 17.5 Å². The minimum absolute atomic E-state index is 0.0396. The minimum Gasteiger partial charge on any atom is -0.393 e. The van der Waals surface area contributed by atoms with Gasteiger partial charge in [-0.05, 0) is 44.2 Å². The lowest BCUT2D eigenvalue weighted by Crippen LogP contribution is -1.99. The molecule has 1 atom stereocenters. The van der Waals surface area contributed by atoms with E-state index in [9.17, 15) is 13.9 Å². The van der Waals surface area contributed by atoms with Gasteiger partial charge in [-0.1, -0.05) is 24.3 Å². The Labute approximate surface area is 146 Å². The molecule has 0 aliphatic carbocycles. The van der Waals surface area contributed by atoms with Crippen LogP contribution in [-0.4, -0.2) is 21.2 Å².